The summed E-state index contributed by atoms with van der Waals surface area (Å²) >= 11 is 5.80. The van der Waals surface area contributed by atoms with Crippen LogP contribution in [0.4, 0.5) is 0 Å². The number of hydrogen-bond acceptors (Lipinski definition) is 3. The van der Waals surface area contributed by atoms with E-state index < -0.39 is 0 Å². The molecule has 0 spiro atoms. The van der Waals surface area contributed by atoms with Gasteiger partial charge in [-0.15, -0.1) is 24.0 Å². The molecule has 0 aliphatic carbocycles. The summed E-state index contributed by atoms with van der Waals surface area (Å²) in [6, 6.07) is 7.71. The van der Waals surface area contributed by atoms with Gasteiger partial charge in [0.25, 0.3) is 0 Å². The molecule has 1 aromatic carbocycles. The smallest absolute Gasteiger partial charge is 0.191 e. The van der Waals surface area contributed by atoms with Gasteiger partial charge in [-0.3, -0.25) is 0 Å². The number of phenolic OH excluding ortho intramolecular Hbond substituents is 1. The maximum absolute atomic E-state index is 9.86. The van der Waals surface area contributed by atoms with E-state index in [2.05, 4.69) is 20.6 Å². The number of nitrogens with zero attached hydrogens (tertiary/aromatic N) is 2. The van der Waals surface area contributed by atoms with Crippen LogP contribution in [0.15, 0.2) is 35.5 Å². The number of benzene rings is 1. The van der Waals surface area contributed by atoms with Crippen LogP contribution < -0.4 is 10.6 Å². The maximum atomic E-state index is 9.86. The fourth-order valence-electron chi connectivity index (χ4n) is 2.53. The maximum Gasteiger partial charge on any atom is 0.191 e. The zero-order chi connectivity index (χ0) is 18.2. The first-order chi connectivity index (χ1) is 12.0. The summed E-state index contributed by atoms with van der Waals surface area (Å²) in [6.45, 7) is 7.94. The summed E-state index contributed by atoms with van der Waals surface area (Å²) in [4.78, 5) is 8.70. The predicted molar refractivity (Wildman–Crippen MR) is 119 cm³/mol. The number of aryl methyl sites for hydroxylation is 2. The minimum absolute atomic E-state index is 0. The van der Waals surface area contributed by atoms with Crippen LogP contribution in [-0.4, -0.2) is 29.1 Å². The number of nitrogens with one attached hydrogen (secondary N) is 2. The quantitative estimate of drug-likeness (QED) is 0.249. The second kappa shape index (κ2) is 11.2. The molecule has 0 saturated carbocycles. The number of hydrogen-bond donors (Lipinski definition) is 3. The zero-order valence-corrected chi connectivity index (χ0v) is 18.4. The van der Waals surface area contributed by atoms with Crippen molar-refractivity contribution in [3.8, 4) is 5.75 Å². The molecule has 0 amide bonds. The average molecular weight is 489 g/mol. The highest BCUT2D eigenvalue weighted by Crippen LogP contribution is 2.23. The van der Waals surface area contributed by atoms with Gasteiger partial charge in [0.1, 0.15) is 10.9 Å². The highest BCUT2D eigenvalue weighted by molar-refractivity contribution is 14.0. The molecule has 0 aliphatic rings. The molecule has 5 nitrogen and oxygen atoms in total. The molecule has 1 aromatic heterocycles. The lowest BCUT2D eigenvalue weighted by atomic mass is 10.1. The molecule has 142 valence electrons. The van der Waals surface area contributed by atoms with Crippen molar-refractivity contribution < 1.29 is 5.11 Å². The van der Waals surface area contributed by atoms with Crippen molar-refractivity contribution in [2.45, 2.75) is 33.7 Å². The van der Waals surface area contributed by atoms with Crippen molar-refractivity contribution in [1.82, 2.24) is 15.6 Å². The number of pyridine rings is 1. The summed E-state index contributed by atoms with van der Waals surface area (Å²) in [5.74, 6) is 1.13. The SMILES string of the molecule is CCNC(=NCc1cc(C)c(O)c(C)c1)NCCc1ccc(Cl)nc1.I. The van der Waals surface area contributed by atoms with E-state index in [1.165, 1.54) is 0 Å². The molecule has 0 saturated heterocycles. The topological polar surface area (TPSA) is 69.5 Å². The van der Waals surface area contributed by atoms with Gasteiger partial charge in [0.15, 0.2) is 5.96 Å². The van der Waals surface area contributed by atoms with Crippen LogP contribution in [0.1, 0.15) is 29.2 Å². The summed E-state index contributed by atoms with van der Waals surface area (Å²) in [6.07, 6.45) is 2.63. The van der Waals surface area contributed by atoms with Gasteiger partial charge in [0, 0.05) is 19.3 Å². The highest BCUT2D eigenvalue weighted by Gasteiger charge is 2.04. The number of phenols is 1. The Morgan fingerprint density at radius 2 is 1.85 bits per heavy atom. The second-order valence-electron chi connectivity index (χ2n) is 5.94. The first-order valence-electron chi connectivity index (χ1n) is 8.41. The molecule has 2 aromatic rings. The molecular formula is C19H26ClIN4O. The Hall–Kier alpha value is -1.54. The van der Waals surface area contributed by atoms with E-state index >= 15 is 0 Å². The predicted octanol–water partition coefficient (Wildman–Crippen LogP) is 3.97. The number of aromatic nitrogens is 1. The van der Waals surface area contributed by atoms with E-state index in [9.17, 15) is 5.11 Å². The fraction of sp³-hybridized carbons (Fsp3) is 0.368. The third-order valence-electron chi connectivity index (χ3n) is 3.81. The third-order valence-corrected chi connectivity index (χ3v) is 4.03. The first kappa shape index (κ1) is 22.5. The molecule has 3 N–H and O–H groups in total. The van der Waals surface area contributed by atoms with Crippen LogP contribution in [0.2, 0.25) is 5.15 Å². The molecule has 1 heterocycles. The van der Waals surface area contributed by atoms with Gasteiger partial charge in [-0.05, 0) is 55.5 Å². The average Bonchev–Trinajstić information content (AvgIpc) is 2.59. The minimum Gasteiger partial charge on any atom is -0.507 e. The molecule has 0 aliphatic heterocycles. The highest BCUT2D eigenvalue weighted by atomic mass is 127. The van der Waals surface area contributed by atoms with E-state index in [-0.39, 0.29) is 24.0 Å². The van der Waals surface area contributed by atoms with Crippen LogP contribution >= 0.6 is 35.6 Å². The number of aromatic hydroxyl groups is 1. The summed E-state index contributed by atoms with van der Waals surface area (Å²) < 4.78 is 0. The standard InChI is InChI=1S/C19H25ClN4O.HI/c1-4-21-19(22-8-7-15-5-6-17(20)23-11-15)24-12-16-9-13(2)18(25)14(3)10-16;/h5-6,9-11,25H,4,7-8,12H2,1-3H3,(H2,21,22,24);1H. The van der Waals surface area contributed by atoms with Crippen molar-refractivity contribution >= 4 is 41.5 Å². The van der Waals surface area contributed by atoms with E-state index in [1.54, 1.807) is 12.3 Å². The van der Waals surface area contributed by atoms with E-state index in [0.717, 1.165) is 47.7 Å². The van der Waals surface area contributed by atoms with Gasteiger partial charge in [0.2, 0.25) is 0 Å². The van der Waals surface area contributed by atoms with Crippen LogP contribution in [-0.2, 0) is 13.0 Å². The van der Waals surface area contributed by atoms with Crippen molar-refractivity contribution in [2.75, 3.05) is 13.1 Å². The van der Waals surface area contributed by atoms with E-state index in [1.807, 2.05) is 39.0 Å². The molecule has 7 heteroatoms. The van der Waals surface area contributed by atoms with E-state index in [4.69, 9.17) is 11.6 Å². The molecule has 0 radical (unpaired) electrons. The summed E-state index contributed by atoms with van der Waals surface area (Å²) in [7, 11) is 0. The van der Waals surface area contributed by atoms with Gasteiger partial charge in [-0.2, -0.15) is 0 Å². The lowest BCUT2D eigenvalue weighted by Gasteiger charge is -2.12. The number of rotatable bonds is 6. The monoisotopic (exact) mass is 488 g/mol. The summed E-state index contributed by atoms with van der Waals surface area (Å²) in [5.41, 5.74) is 3.95. The molecular weight excluding hydrogens is 463 g/mol. The van der Waals surface area contributed by atoms with Crippen molar-refractivity contribution in [2.24, 2.45) is 4.99 Å². The van der Waals surface area contributed by atoms with Gasteiger partial charge in [0.05, 0.1) is 6.54 Å². The molecule has 0 unspecified atom stereocenters. The molecule has 2 rings (SSSR count). The molecule has 0 fully saturated rings. The van der Waals surface area contributed by atoms with E-state index in [0.29, 0.717) is 17.4 Å². The minimum atomic E-state index is 0. The zero-order valence-electron chi connectivity index (χ0n) is 15.3. The Bertz CT molecular complexity index is 712. The van der Waals surface area contributed by atoms with Crippen molar-refractivity contribution in [3.05, 3.63) is 57.9 Å². The van der Waals surface area contributed by atoms with Crippen LogP contribution in [0.3, 0.4) is 0 Å². The fourth-order valence-corrected chi connectivity index (χ4v) is 2.64. The molecule has 0 bridgehead atoms. The van der Waals surface area contributed by atoms with Gasteiger partial charge < -0.3 is 15.7 Å². The third kappa shape index (κ3) is 6.99. The Kier molecular flexibility index (Phi) is 9.72. The number of aliphatic imine (C=N–C) groups is 1. The number of guanidine groups is 1. The normalized spacial score (nSPS) is 11.0. The van der Waals surface area contributed by atoms with Gasteiger partial charge in [-0.1, -0.05) is 29.8 Å². The van der Waals surface area contributed by atoms with Crippen LogP contribution in [0.5, 0.6) is 5.75 Å². The van der Waals surface area contributed by atoms with Gasteiger partial charge >= 0.3 is 0 Å². The molecule has 0 atom stereocenters. The Labute approximate surface area is 177 Å². The summed E-state index contributed by atoms with van der Waals surface area (Å²) in [5, 5.41) is 16.9. The van der Waals surface area contributed by atoms with Crippen molar-refractivity contribution in [1.29, 1.82) is 0 Å². The lowest BCUT2D eigenvalue weighted by Crippen LogP contribution is -2.38. The molecule has 26 heavy (non-hydrogen) atoms. The Morgan fingerprint density at radius 1 is 1.15 bits per heavy atom. The van der Waals surface area contributed by atoms with Gasteiger partial charge in [-0.25, -0.2) is 9.98 Å². The lowest BCUT2D eigenvalue weighted by molar-refractivity contribution is 0.466. The largest absolute Gasteiger partial charge is 0.507 e. The Morgan fingerprint density at radius 3 is 2.42 bits per heavy atom. The second-order valence-corrected chi connectivity index (χ2v) is 6.33. The number of halogens is 2. The Balaban J connectivity index is 0.00000338. The first-order valence-corrected chi connectivity index (χ1v) is 8.79. The van der Waals surface area contributed by atoms with Crippen LogP contribution in [0, 0.1) is 13.8 Å². The van der Waals surface area contributed by atoms with Crippen LogP contribution in [0.25, 0.3) is 0 Å². The van der Waals surface area contributed by atoms with Crippen molar-refractivity contribution in [3.63, 3.8) is 0 Å².